The van der Waals surface area contributed by atoms with Crippen molar-refractivity contribution in [3.63, 3.8) is 0 Å². The second kappa shape index (κ2) is 13.0. The smallest absolute Gasteiger partial charge is 0.257 e. The van der Waals surface area contributed by atoms with E-state index in [1.54, 1.807) is 5.56 Å². The highest BCUT2D eigenvalue weighted by Gasteiger charge is 2.63. The van der Waals surface area contributed by atoms with Gasteiger partial charge in [-0.3, -0.25) is 4.90 Å². The third-order valence-corrected chi connectivity index (χ3v) is 18.9. The number of rotatable bonds is 2. The van der Waals surface area contributed by atoms with Crippen LogP contribution in [0.1, 0.15) is 165 Å². The standard InChI is InChI=1S/C60H70BN3O/c1-35-29-36(2)49-53-48(35)58(12)26-18-20-28-60(58,14)64(53)46-34-41(63-44-24-23-39(55(5,6)7)32-43(44)57(11)25-17-19-27-59(57,63)13)33-45-51(46)61(49)50-42-21-15-16-22-47(42)65-54(50)62(45)52-37(3)30-40(31-38(52)4)56(8,9)10/h15-16,21-24,29-34H,17-20,25-28H2,1-14H3. The molecule has 5 heterocycles. The first kappa shape index (κ1) is 41.5. The second-order valence-electron chi connectivity index (χ2n) is 24.6. The molecular weight excluding hydrogens is 789 g/mol. The summed E-state index contributed by atoms with van der Waals surface area (Å²) in [5.74, 6) is 0.974. The minimum absolute atomic E-state index is 0.00856. The lowest BCUT2D eigenvalue weighted by Crippen LogP contribution is -2.65. The summed E-state index contributed by atoms with van der Waals surface area (Å²) >= 11 is 0. The van der Waals surface area contributed by atoms with E-state index in [-0.39, 0.29) is 39.5 Å². The summed E-state index contributed by atoms with van der Waals surface area (Å²) in [5.41, 5.74) is 24.6. The van der Waals surface area contributed by atoms with E-state index in [1.807, 2.05) is 0 Å². The summed E-state index contributed by atoms with van der Waals surface area (Å²) in [7, 11) is 0. The van der Waals surface area contributed by atoms with Gasteiger partial charge in [-0.15, -0.1) is 0 Å². The first-order valence-electron chi connectivity index (χ1n) is 25.2. The average Bonchev–Trinajstić information content (AvgIpc) is 3.79. The second-order valence-corrected chi connectivity index (χ2v) is 24.6. The molecule has 0 N–H and O–H groups in total. The lowest BCUT2D eigenvalue weighted by Gasteiger charge is -2.53. The van der Waals surface area contributed by atoms with E-state index in [1.165, 1.54) is 140 Å². The molecule has 4 atom stereocenters. The molecule has 65 heavy (non-hydrogen) atoms. The molecule has 334 valence electrons. The lowest BCUT2D eigenvalue weighted by molar-refractivity contribution is 0.193. The molecule has 0 amide bonds. The molecule has 6 aliphatic rings. The molecule has 6 aromatic rings. The Morgan fingerprint density at radius 1 is 0.538 bits per heavy atom. The van der Waals surface area contributed by atoms with Gasteiger partial charge in [-0.05, 0) is 152 Å². The largest absolute Gasteiger partial charge is 0.440 e. The van der Waals surface area contributed by atoms with Crippen LogP contribution < -0.4 is 31.1 Å². The van der Waals surface area contributed by atoms with E-state index < -0.39 is 0 Å². The maximum atomic E-state index is 7.39. The first-order valence-corrected chi connectivity index (χ1v) is 25.2. The van der Waals surface area contributed by atoms with Gasteiger partial charge in [0, 0.05) is 50.1 Å². The maximum Gasteiger partial charge on any atom is 0.257 e. The molecule has 0 spiro atoms. The molecule has 2 fully saturated rings. The van der Waals surface area contributed by atoms with Crippen LogP contribution in [0.15, 0.2) is 77.2 Å². The average molecular weight is 860 g/mol. The zero-order valence-electron chi connectivity index (χ0n) is 41.9. The van der Waals surface area contributed by atoms with Crippen molar-refractivity contribution in [2.24, 2.45) is 0 Å². The summed E-state index contributed by atoms with van der Waals surface area (Å²) in [5, 5.41) is 1.23. The van der Waals surface area contributed by atoms with Gasteiger partial charge >= 0.3 is 0 Å². The van der Waals surface area contributed by atoms with Crippen molar-refractivity contribution in [2.45, 2.75) is 181 Å². The quantitative estimate of drug-likeness (QED) is 0.162. The van der Waals surface area contributed by atoms with Crippen LogP contribution >= 0.6 is 0 Å². The van der Waals surface area contributed by atoms with Gasteiger partial charge in [0.05, 0.1) is 16.8 Å². The number of aryl methyl sites for hydroxylation is 4. The number of anilines is 7. The maximum absolute atomic E-state index is 7.39. The number of benzene rings is 5. The Labute approximate surface area is 389 Å². The number of nitrogens with zero attached hydrogens (tertiary/aromatic N) is 3. The summed E-state index contributed by atoms with van der Waals surface area (Å²) in [4.78, 5) is 8.40. The summed E-state index contributed by atoms with van der Waals surface area (Å²) < 4.78 is 7.39. The number of hydrogen-bond acceptors (Lipinski definition) is 4. The van der Waals surface area contributed by atoms with Gasteiger partial charge in [-0.2, -0.15) is 0 Å². The highest BCUT2D eigenvalue weighted by Crippen LogP contribution is 2.65. The van der Waals surface area contributed by atoms with Gasteiger partial charge < -0.3 is 14.2 Å². The SMILES string of the molecule is Cc1cc(C)c2c3c1B1c4c(cc(N5c6ccc(C(C)(C)C)cc6C6(C)CCCCC56C)cc4N3C3(C)CCCCC23C)N(c2c(C)cc(C(C)(C)C)cc2C)c2oc3ccccc3c21. The van der Waals surface area contributed by atoms with Crippen molar-refractivity contribution in [3.8, 4) is 0 Å². The molecule has 4 nitrogen and oxygen atoms in total. The molecule has 5 aromatic carbocycles. The van der Waals surface area contributed by atoms with E-state index in [0.717, 1.165) is 17.9 Å². The molecule has 0 saturated heterocycles. The van der Waals surface area contributed by atoms with Crippen LogP contribution in [0.4, 0.5) is 40.0 Å². The van der Waals surface area contributed by atoms with Crippen LogP contribution in [0.5, 0.6) is 0 Å². The predicted octanol–water partition coefficient (Wildman–Crippen LogP) is 14.4. The van der Waals surface area contributed by atoms with Crippen molar-refractivity contribution >= 4 is 74.1 Å². The van der Waals surface area contributed by atoms with E-state index in [0.29, 0.717) is 0 Å². The minimum Gasteiger partial charge on any atom is -0.440 e. The number of fused-ring (bicyclic) bond motifs is 12. The van der Waals surface area contributed by atoms with Crippen LogP contribution in [-0.2, 0) is 21.7 Å². The predicted molar refractivity (Wildman–Crippen MR) is 278 cm³/mol. The van der Waals surface area contributed by atoms with Gasteiger partial charge in [-0.25, -0.2) is 0 Å². The monoisotopic (exact) mass is 860 g/mol. The van der Waals surface area contributed by atoms with Crippen molar-refractivity contribution < 1.29 is 4.42 Å². The third kappa shape index (κ3) is 5.06. The van der Waals surface area contributed by atoms with Crippen molar-refractivity contribution in [1.29, 1.82) is 0 Å². The summed E-state index contributed by atoms with van der Waals surface area (Å²) in [6, 6.07) is 29.2. The molecule has 1 aromatic heterocycles. The van der Waals surface area contributed by atoms with E-state index >= 15 is 0 Å². The molecule has 12 rings (SSSR count). The van der Waals surface area contributed by atoms with E-state index in [2.05, 4.69) is 184 Å². The Kier molecular flexibility index (Phi) is 8.28. The molecule has 2 aliphatic carbocycles. The van der Waals surface area contributed by atoms with Gasteiger partial charge in [0.25, 0.3) is 6.71 Å². The van der Waals surface area contributed by atoms with Crippen LogP contribution in [0, 0.1) is 27.7 Å². The lowest BCUT2D eigenvalue weighted by atomic mass is 9.32. The third-order valence-electron chi connectivity index (χ3n) is 18.9. The molecule has 4 aliphatic heterocycles. The molecule has 0 radical (unpaired) electrons. The van der Waals surface area contributed by atoms with Gasteiger partial charge in [-0.1, -0.05) is 135 Å². The fourth-order valence-corrected chi connectivity index (χ4v) is 15.2. The van der Waals surface area contributed by atoms with Crippen LogP contribution in [-0.4, -0.2) is 17.8 Å². The Balaban J connectivity index is 1.24. The Morgan fingerprint density at radius 3 is 1.83 bits per heavy atom. The zero-order chi connectivity index (χ0) is 45.7. The zero-order valence-corrected chi connectivity index (χ0v) is 41.9. The number of para-hydroxylation sites is 1. The Bertz CT molecular complexity index is 3050. The van der Waals surface area contributed by atoms with Crippen molar-refractivity contribution in [1.82, 2.24) is 0 Å². The highest BCUT2D eigenvalue weighted by molar-refractivity contribution is 7.02. The first-order chi connectivity index (χ1) is 30.6. The highest BCUT2D eigenvalue weighted by atomic mass is 16.4. The topological polar surface area (TPSA) is 22.9 Å². The molecule has 4 unspecified atom stereocenters. The van der Waals surface area contributed by atoms with Crippen LogP contribution in [0.25, 0.3) is 11.0 Å². The number of hydrogen-bond donors (Lipinski definition) is 0. The van der Waals surface area contributed by atoms with Crippen LogP contribution in [0.3, 0.4) is 0 Å². The van der Waals surface area contributed by atoms with Crippen LogP contribution in [0.2, 0.25) is 0 Å². The minimum atomic E-state index is -0.103. The molecule has 0 bridgehead atoms. The fraction of sp³-hybridized carbons (Fsp3) is 0.467. The van der Waals surface area contributed by atoms with E-state index in [9.17, 15) is 0 Å². The Morgan fingerprint density at radius 2 is 1.15 bits per heavy atom. The van der Waals surface area contributed by atoms with Gasteiger partial charge in [0.2, 0.25) is 5.88 Å². The normalized spacial score (nSPS) is 26.2. The van der Waals surface area contributed by atoms with Crippen molar-refractivity contribution in [2.75, 3.05) is 14.7 Å². The fourth-order valence-electron chi connectivity index (χ4n) is 15.2. The van der Waals surface area contributed by atoms with Gasteiger partial charge in [0.15, 0.2) is 0 Å². The summed E-state index contributed by atoms with van der Waals surface area (Å²) in [6.07, 6.45) is 9.78. The summed E-state index contributed by atoms with van der Waals surface area (Å²) in [6.45, 7) is 34.1. The van der Waals surface area contributed by atoms with Crippen molar-refractivity contribution in [3.05, 3.63) is 117 Å². The van der Waals surface area contributed by atoms with Gasteiger partial charge in [0.1, 0.15) is 5.58 Å². The molecular formula is C60H70BN3O. The number of furan rings is 1. The Hall–Kier alpha value is -4.90. The molecule has 2 saturated carbocycles. The van der Waals surface area contributed by atoms with E-state index in [4.69, 9.17) is 4.42 Å². The molecule has 5 heteroatoms.